The molecule has 4 nitrogen and oxygen atoms in total. The van der Waals surface area contributed by atoms with Gasteiger partial charge in [-0.25, -0.2) is 0 Å². The van der Waals surface area contributed by atoms with Crippen LogP contribution in [0.15, 0.2) is 10.7 Å². The molecule has 1 aliphatic carbocycles. The van der Waals surface area contributed by atoms with Crippen LogP contribution in [0.4, 0.5) is 0 Å². The number of ether oxygens (including phenoxy) is 1. The lowest BCUT2D eigenvalue weighted by Gasteiger charge is -2.47. The molecule has 1 aromatic rings. The molecule has 1 unspecified atom stereocenters. The van der Waals surface area contributed by atoms with Crippen LogP contribution in [0.1, 0.15) is 51.3 Å². The molecule has 0 bridgehead atoms. The fourth-order valence-corrected chi connectivity index (χ4v) is 3.93. The Labute approximate surface area is 130 Å². The minimum absolute atomic E-state index is 0.144. The summed E-state index contributed by atoms with van der Waals surface area (Å²) < 4.78 is 9.01. The standard InChI is InChI=1S/C15H26BrN3O/c1-14(2)6-8-15(20-5,9-7-14)13(17-3)12-11(16)10-18-19(12)4/h10,13,17H,6-9H2,1-5H3. The molecule has 1 saturated carbocycles. The smallest absolute Gasteiger partial charge is 0.0888 e. The van der Waals surface area contributed by atoms with Crippen molar-refractivity contribution < 1.29 is 4.74 Å². The molecule has 1 heterocycles. The molecule has 1 fully saturated rings. The van der Waals surface area contributed by atoms with E-state index in [1.807, 2.05) is 32.1 Å². The average molecular weight is 344 g/mol. The van der Waals surface area contributed by atoms with Crippen LogP contribution in [0.2, 0.25) is 0 Å². The van der Waals surface area contributed by atoms with Gasteiger partial charge in [0.05, 0.1) is 28.0 Å². The van der Waals surface area contributed by atoms with Crippen LogP contribution in [-0.4, -0.2) is 29.5 Å². The monoisotopic (exact) mass is 343 g/mol. The van der Waals surface area contributed by atoms with Crippen LogP contribution in [-0.2, 0) is 11.8 Å². The van der Waals surface area contributed by atoms with Crippen LogP contribution in [0.5, 0.6) is 0 Å². The summed E-state index contributed by atoms with van der Waals surface area (Å²) in [6.07, 6.45) is 6.37. The number of nitrogens with one attached hydrogen (secondary N) is 1. The summed E-state index contributed by atoms with van der Waals surface area (Å²) in [5, 5.41) is 7.81. The maximum Gasteiger partial charge on any atom is 0.0888 e. The van der Waals surface area contributed by atoms with Gasteiger partial charge < -0.3 is 10.1 Å². The highest BCUT2D eigenvalue weighted by Gasteiger charge is 2.45. The first-order valence-corrected chi connectivity index (χ1v) is 8.04. The van der Waals surface area contributed by atoms with E-state index < -0.39 is 0 Å². The second-order valence-corrected chi connectivity index (χ2v) is 7.51. The molecule has 0 spiro atoms. The number of nitrogens with zero attached hydrogens (tertiary/aromatic N) is 2. The molecule has 1 aromatic heterocycles. The minimum Gasteiger partial charge on any atom is -0.376 e. The fraction of sp³-hybridized carbons (Fsp3) is 0.800. The van der Waals surface area contributed by atoms with Crippen molar-refractivity contribution in [2.24, 2.45) is 12.5 Å². The summed E-state index contributed by atoms with van der Waals surface area (Å²) in [6.45, 7) is 4.70. The Hall–Kier alpha value is -0.390. The highest BCUT2D eigenvalue weighted by molar-refractivity contribution is 9.10. The van der Waals surface area contributed by atoms with E-state index in [4.69, 9.17) is 4.74 Å². The first-order valence-electron chi connectivity index (χ1n) is 7.25. The topological polar surface area (TPSA) is 39.1 Å². The van der Waals surface area contributed by atoms with Gasteiger partial charge in [-0.05, 0) is 54.1 Å². The highest BCUT2D eigenvalue weighted by Crippen LogP contribution is 2.48. The van der Waals surface area contributed by atoms with Gasteiger partial charge in [-0.2, -0.15) is 5.10 Å². The number of likely N-dealkylation sites (N-methyl/N-ethyl adjacent to an activating group) is 1. The van der Waals surface area contributed by atoms with E-state index in [0.29, 0.717) is 5.41 Å². The third-order valence-electron chi connectivity index (χ3n) is 4.88. The Balaban J connectivity index is 2.34. The summed E-state index contributed by atoms with van der Waals surface area (Å²) in [7, 11) is 5.83. The van der Waals surface area contributed by atoms with Crippen molar-refractivity contribution in [3.63, 3.8) is 0 Å². The highest BCUT2D eigenvalue weighted by atomic mass is 79.9. The number of aromatic nitrogens is 2. The maximum absolute atomic E-state index is 6.03. The fourth-order valence-electron chi connectivity index (χ4n) is 3.35. The molecule has 0 radical (unpaired) electrons. The van der Waals surface area contributed by atoms with E-state index in [-0.39, 0.29) is 11.6 Å². The molecule has 0 amide bonds. The van der Waals surface area contributed by atoms with Crippen molar-refractivity contribution in [2.75, 3.05) is 14.2 Å². The molecule has 1 aliphatic rings. The predicted molar refractivity (Wildman–Crippen MR) is 84.7 cm³/mol. The average Bonchev–Trinajstić information content (AvgIpc) is 2.74. The number of hydrogen-bond donors (Lipinski definition) is 1. The normalized spacial score (nSPS) is 22.7. The molecule has 5 heteroatoms. The summed E-state index contributed by atoms with van der Waals surface area (Å²) in [6, 6.07) is 0.144. The van der Waals surface area contributed by atoms with Gasteiger partial charge in [-0.1, -0.05) is 13.8 Å². The van der Waals surface area contributed by atoms with Crippen LogP contribution >= 0.6 is 15.9 Å². The first-order chi connectivity index (χ1) is 9.35. The van der Waals surface area contributed by atoms with Gasteiger partial charge in [0, 0.05) is 14.2 Å². The Morgan fingerprint density at radius 3 is 2.35 bits per heavy atom. The third kappa shape index (κ3) is 2.81. The minimum atomic E-state index is -0.152. The lowest BCUT2D eigenvalue weighted by atomic mass is 9.68. The second-order valence-electron chi connectivity index (χ2n) is 6.66. The van der Waals surface area contributed by atoms with Crippen LogP contribution in [0.3, 0.4) is 0 Å². The van der Waals surface area contributed by atoms with Crippen molar-refractivity contribution in [2.45, 2.75) is 51.2 Å². The lowest BCUT2D eigenvalue weighted by molar-refractivity contribution is -0.0878. The zero-order valence-electron chi connectivity index (χ0n) is 13.2. The SMILES string of the molecule is CNC(c1c(Br)cnn1C)C1(OC)CCC(C)(C)CC1. The number of hydrogen-bond acceptors (Lipinski definition) is 3. The van der Waals surface area contributed by atoms with Crippen molar-refractivity contribution in [1.82, 2.24) is 15.1 Å². The van der Waals surface area contributed by atoms with Gasteiger partial charge in [0.15, 0.2) is 0 Å². The van der Waals surface area contributed by atoms with Crippen molar-refractivity contribution in [1.29, 1.82) is 0 Å². The van der Waals surface area contributed by atoms with Gasteiger partial charge in [-0.15, -0.1) is 0 Å². The van der Waals surface area contributed by atoms with Gasteiger partial charge >= 0.3 is 0 Å². The van der Waals surface area contributed by atoms with E-state index in [1.165, 1.54) is 12.8 Å². The summed E-state index contributed by atoms with van der Waals surface area (Å²) in [5.74, 6) is 0. The zero-order valence-corrected chi connectivity index (χ0v) is 14.7. The Morgan fingerprint density at radius 2 is 1.95 bits per heavy atom. The molecule has 20 heavy (non-hydrogen) atoms. The predicted octanol–water partition coefficient (Wildman–Crippen LogP) is 3.43. The molecule has 1 N–H and O–H groups in total. The maximum atomic E-state index is 6.03. The van der Waals surface area contributed by atoms with Crippen LogP contribution in [0, 0.1) is 5.41 Å². The van der Waals surface area contributed by atoms with E-state index in [2.05, 4.69) is 40.2 Å². The summed E-state index contributed by atoms with van der Waals surface area (Å²) in [5.41, 5.74) is 1.43. The molecular weight excluding hydrogens is 318 g/mol. The number of rotatable bonds is 4. The van der Waals surface area contributed by atoms with E-state index >= 15 is 0 Å². The Kier molecular flexibility index (Phi) is 4.62. The lowest BCUT2D eigenvalue weighted by Crippen LogP contribution is -2.49. The first kappa shape index (κ1) is 16.0. The van der Waals surface area contributed by atoms with Crippen molar-refractivity contribution >= 4 is 15.9 Å². The van der Waals surface area contributed by atoms with Crippen molar-refractivity contribution in [3.05, 3.63) is 16.4 Å². The molecule has 2 rings (SSSR count). The van der Waals surface area contributed by atoms with Crippen LogP contribution in [0.25, 0.3) is 0 Å². The molecule has 0 saturated heterocycles. The van der Waals surface area contributed by atoms with Gasteiger partial charge in [0.2, 0.25) is 0 Å². The number of aryl methyl sites for hydroxylation is 1. The van der Waals surface area contributed by atoms with Gasteiger partial charge in [0.25, 0.3) is 0 Å². The van der Waals surface area contributed by atoms with E-state index in [9.17, 15) is 0 Å². The molecule has 0 aliphatic heterocycles. The zero-order chi connectivity index (χ0) is 15.0. The Morgan fingerprint density at radius 1 is 1.35 bits per heavy atom. The van der Waals surface area contributed by atoms with Crippen LogP contribution < -0.4 is 5.32 Å². The quantitative estimate of drug-likeness (QED) is 0.910. The van der Waals surface area contributed by atoms with Gasteiger partial charge in [-0.3, -0.25) is 4.68 Å². The number of halogens is 1. The van der Waals surface area contributed by atoms with E-state index in [0.717, 1.165) is 23.0 Å². The largest absolute Gasteiger partial charge is 0.376 e. The van der Waals surface area contributed by atoms with Gasteiger partial charge in [0.1, 0.15) is 0 Å². The molecule has 114 valence electrons. The molecule has 0 aromatic carbocycles. The summed E-state index contributed by atoms with van der Waals surface area (Å²) in [4.78, 5) is 0. The second kappa shape index (κ2) is 5.78. The van der Waals surface area contributed by atoms with Crippen molar-refractivity contribution in [3.8, 4) is 0 Å². The number of methoxy groups -OCH3 is 1. The molecule has 1 atom stereocenters. The molecular formula is C15H26BrN3O. The third-order valence-corrected chi connectivity index (χ3v) is 5.49. The summed E-state index contributed by atoms with van der Waals surface area (Å²) >= 11 is 3.62. The van der Waals surface area contributed by atoms with E-state index in [1.54, 1.807) is 0 Å². The Bertz CT molecular complexity index is 440.